The fraction of sp³-hybridized carbons (Fsp3) is 0.556. The van der Waals surface area contributed by atoms with Crippen molar-refractivity contribution >= 4 is 27.4 Å². The van der Waals surface area contributed by atoms with E-state index < -0.39 is 10.0 Å². The number of nitrogens with one attached hydrogen (secondary N) is 1. The van der Waals surface area contributed by atoms with Gasteiger partial charge in [-0.1, -0.05) is 13.8 Å². The first-order valence-corrected chi connectivity index (χ1v) is 10.0. The van der Waals surface area contributed by atoms with E-state index in [4.69, 9.17) is 0 Å². The molecule has 6 nitrogen and oxygen atoms in total. The van der Waals surface area contributed by atoms with Crippen LogP contribution < -0.4 is 5.32 Å². The Morgan fingerprint density at radius 2 is 1.64 bits per heavy atom. The number of amides is 1. The second kappa shape index (κ2) is 8.10. The molecule has 1 aliphatic rings. The summed E-state index contributed by atoms with van der Waals surface area (Å²) in [6.45, 7) is 6.65. The van der Waals surface area contributed by atoms with Gasteiger partial charge in [0.15, 0.2) is 0 Å². The highest BCUT2D eigenvalue weighted by Crippen LogP contribution is 2.27. The zero-order chi connectivity index (χ0) is 18.6. The van der Waals surface area contributed by atoms with E-state index >= 15 is 0 Å². The highest BCUT2D eigenvalue weighted by atomic mass is 32.2. The molecule has 0 aliphatic carbocycles. The van der Waals surface area contributed by atoms with Gasteiger partial charge in [-0.05, 0) is 49.4 Å². The van der Waals surface area contributed by atoms with Crippen LogP contribution >= 0.6 is 0 Å². The molecule has 0 spiro atoms. The minimum Gasteiger partial charge on any atom is -0.326 e. The molecule has 1 aromatic rings. The Hall–Kier alpha value is -1.73. The molecule has 0 unspecified atom stereocenters. The lowest BCUT2D eigenvalue weighted by atomic mass is 9.94. The summed E-state index contributed by atoms with van der Waals surface area (Å²) in [5.74, 6) is 0.391. The molecular formula is C18H26N2O4S. The van der Waals surface area contributed by atoms with Gasteiger partial charge in [-0.15, -0.1) is 0 Å². The van der Waals surface area contributed by atoms with E-state index in [0.717, 1.165) is 6.42 Å². The predicted octanol–water partition coefficient (Wildman–Crippen LogP) is 2.66. The van der Waals surface area contributed by atoms with Crippen LogP contribution in [0.15, 0.2) is 29.2 Å². The first-order valence-electron chi connectivity index (χ1n) is 8.58. The van der Waals surface area contributed by atoms with Crippen molar-refractivity contribution in [3.8, 4) is 0 Å². The second-order valence-corrected chi connectivity index (χ2v) is 8.98. The summed E-state index contributed by atoms with van der Waals surface area (Å²) >= 11 is 0. The van der Waals surface area contributed by atoms with E-state index in [1.54, 1.807) is 16.4 Å². The molecule has 0 bridgehead atoms. The van der Waals surface area contributed by atoms with Gasteiger partial charge in [-0.3, -0.25) is 4.79 Å². The van der Waals surface area contributed by atoms with E-state index in [1.165, 1.54) is 19.1 Å². The Balaban J connectivity index is 2.05. The first kappa shape index (κ1) is 19.6. The van der Waals surface area contributed by atoms with Gasteiger partial charge < -0.3 is 10.1 Å². The monoisotopic (exact) mass is 366 g/mol. The number of piperidine rings is 1. The van der Waals surface area contributed by atoms with Crippen molar-refractivity contribution in [2.45, 2.75) is 44.9 Å². The molecule has 2 rings (SSSR count). The molecule has 0 saturated carbocycles. The molecule has 1 fully saturated rings. The Labute approximate surface area is 149 Å². The van der Waals surface area contributed by atoms with Crippen molar-refractivity contribution in [3.63, 3.8) is 0 Å². The van der Waals surface area contributed by atoms with E-state index in [1.807, 2.05) is 0 Å². The molecule has 1 aromatic carbocycles. The van der Waals surface area contributed by atoms with E-state index in [2.05, 4.69) is 19.2 Å². The average Bonchev–Trinajstić information content (AvgIpc) is 2.52. The molecule has 2 atom stereocenters. The van der Waals surface area contributed by atoms with Gasteiger partial charge in [0, 0.05) is 31.6 Å². The van der Waals surface area contributed by atoms with Crippen molar-refractivity contribution in [3.05, 3.63) is 24.3 Å². The van der Waals surface area contributed by atoms with Gasteiger partial charge in [0.2, 0.25) is 15.9 Å². The fourth-order valence-electron chi connectivity index (χ4n) is 3.17. The quantitative estimate of drug-likeness (QED) is 0.839. The zero-order valence-electron chi connectivity index (χ0n) is 15.0. The van der Waals surface area contributed by atoms with Crippen LogP contribution in [0.5, 0.6) is 0 Å². The number of rotatable bonds is 6. The Kier molecular flexibility index (Phi) is 6.35. The Morgan fingerprint density at radius 3 is 2.16 bits per heavy atom. The number of sulfonamides is 1. The number of hydrogen-bond donors (Lipinski definition) is 1. The summed E-state index contributed by atoms with van der Waals surface area (Å²) < 4.78 is 27.1. The molecule has 1 amide bonds. The second-order valence-electron chi connectivity index (χ2n) is 7.04. The molecule has 25 heavy (non-hydrogen) atoms. The lowest BCUT2D eigenvalue weighted by molar-refractivity contribution is -0.121. The number of carbonyl (C=O) groups is 2. The molecule has 0 aromatic heterocycles. The number of ketones is 1. The third-order valence-corrected chi connectivity index (χ3v) is 6.16. The van der Waals surface area contributed by atoms with E-state index in [0.29, 0.717) is 30.6 Å². The van der Waals surface area contributed by atoms with Gasteiger partial charge in [-0.2, -0.15) is 4.31 Å². The maximum Gasteiger partial charge on any atom is 0.243 e. The molecule has 1 N–H and O–H groups in total. The van der Waals surface area contributed by atoms with Crippen molar-refractivity contribution < 1.29 is 18.0 Å². The molecule has 1 heterocycles. The molecule has 7 heteroatoms. The smallest absolute Gasteiger partial charge is 0.243 e. The normalized spacial score (nSPS) is 21.7. The van der Waals surface area contributed by atoms with Crippen LogP contribution in [-0.2, 0) is 19.6 Å². The highest BCUT2D eigenvalue weighted by molar-refractivity contribution is 7.89. The number of Topliss-reactive ketones (excluding diaryl/α,β-unsaturated/α-hetero) is 1. The van der Waals surface area contributed by atoms with Gasteiger partial charge in [-0.25, -0.2) is 8.42 Å². The number of hydrogen-bond acceptors (Lipinski definition) is 4. The average molecular weight is 366 g/mol. The van der Waals surface area contributed by atoms with Crippen LogP contribution in [0.3, 0.4) is 0 Å². The summed E-state index contributed by atoms with van der Waals surface area (Å²) in [6, 6.07) is 6.18. The number of anilines is 1. The van der Waals surface area contributed by atoms with Crippen LogP contribution in [0.25, 0.3) is 0 Å². The first-order chi connectivity index (χ1) is 11.7. The summed E-state index contributed by atoms with van der Waals surface area (Å²) in [5.41, 5.74) is 0.521. The highest BCUT2D eigenvalue weighted by Gasteiger charge is 2.31. The standard InChI is InChI=1S/C18H26N2O4S/c1-13-10-14(2)12-20(11-13)25(23,24)17-7-5-16(6-8-17)19-18(22)9-4-15(3)21/h5-8,13-14H,4,9-12H2,1-3H3,(H,19,22)/t13-,14-/m1/s1. The van der Waals surface area contributed by atoms with Crippen molar-refractivity contribution in [1.82, 2.24) is 4.31 Å². The molecule has 1 aliphatic heterocycles. The minimum absolute atomic E-state index is 0.0402. The van der Waals surface area contributed by atoms with Crippen molar-refractivity contribution in [2.24, 2.45) is 11.8 Å². The Bertz CT molecular complexity index is 718. The van der Waals surface area contributed by atoms with Crippen LogP contribution in [0.2, 0.25) is 0 Å². The van der Waals surface area contributed by atoms with Crippen molar-refractivity contribution in [1.29, 1.82) is 0 Å². The van der Waals surface area contributed by atoms with Crippen LogP contribution in [0.4, 0.5) is 5.69 Å². The molecule has 0 radical (unpaired) electrons. The Morgan fingerprint density at radius 1 is 1.08 bits per heavy atom. The largest absolute Gasteiger partial charge is 0.326 e. The van der Waals surface area contributed by atoms with Crippen LogP contribution in [0.1, 0.15) is 40.0 Å². The number of benzene rings is 1. The molecule has 1 saturated heterocycles. The van der Waals surface area contributed by atoms with Gasteiger partial charge in [0.1, 0.15) is 5.78 Å². The SMILES string of the molecule is CC(=O)CCC(=O)Nc1ccc(S(=O)(=O)N2C[C@H](C)C[C@@H](C)C2)cc1. The summed E-state index contributed by atoms with van der Waals surface area (Å²) in [4.78, 5) is 22.9. The fourth-order valence-corrected chi connectivity index (χ4v) is 4.85. The lowest BCUT2D eigenvalue weighted by Crippen LogP contribution is -2.42. The topological polar surface area (TPSA) is 83.5 Å². The van der Waals surface area contributed by atoms with Gasteiger partial charge >= 0.3 is 0 Å². The van der Waals surface area contributed by atoms with Gasteiger partial charge in [0.25, 0.3) is 0 Å². The summed E-state index contributed by atoms with van der Waals surface area (Å²) in [6.07, 6.45) is 1.36. The number of carbonyl (C=O) groups excluding carboxylic acids is 2. The maximum absolute atomic E-state index is 12.8. The van der Waals surface area contributed by atoms with Gasteiger partial charge in [0.05, 0.1) is 4.90 Å². The third-order valence-electron chi connectivity index (χ3n) is 4.32. The predicted molar refractivity (Wildman–Crippen MR) is 96.7 cm³/mol. The summed E-state index contributed by atoms with van der Waals surface area (Å²) in [7, 11) is -3.52. The zero-order valence-corrected chi connectivity index (χ0v) is 15.8. The molecule has 138 valence electrons. The van der Waals surface area contributed by atoms with Crippen LogP contribution in [-0.4, -0.2) is 37.5 Å². The van der Waals surface area contributed by atoms with E-state index in [-0.39, 0.29) is 29.4 Å². The van der Waals surface area contributed by atoms with E-state index in [9.17, 15) is 18.0 Å². The molecular weight excluding hydrogens is 340 g/mol. The maximum atomic E-state index is 12.8. The van der Waals surface area contributed by atoms with Crippen LogP contribution in [0, 0.1) is 11.8 Å². The number of nitrogens with zero attached hydrogens (tertiary/aromatic N) is 1. The van der Waals surface area contributed by atoms with Crippen molar-refractivity contribution in [2.75, 3.05) is 18.4 Å². The minimum atomic E-state index is -3.52. The lowest BCUT2D eigenvalue weighted by Gasteiger charge is -2.34. The third kappa shape index (κ3) is 5.37. The summed E-state index contributed by atoms with van der Waals surface area (Å²) in [5, 5.41) is 2.67.